The maximum absolute atomic E-state index is 12.4. The van der Waals surface area contributed by atoms with Gasteiger partial charge in [0, 0.05) is 24.8 Å². The summed E-state index contributed by atoms with van der Waals surface area (Å²) in [6.45, 7) is 0.636. The lowest BCUT2D eigenvalue weighted by Crippen LogP contribution is -2.33. The van der Waals surface area contributed by atoms with Crippen molar-refractivity contribution >= 4 is 11.7 Å². The molecule has 0 fully saturated rings. The van der Waals surface area contributed by atoms with E-state index < -0.39 is 0 Å². The van der Waals surface area contributed by atoms with E-state index in [4.69, 9.17) is 10.8 Å². The first-order chi connectivity index (χ1) is 9.70. The number of hydrogen-bond acceptors (Lipinski definition) is 4. The Balaban J connectivity index is 2.18. The van der Waals surface area contributed by atoms with Gasteiger partial charge in [-0.25, -0.2) is 4.98 Å². The molecule has 5 nitrogen and oxygen atoms in total. The number of aliphatic hydroxyl groups excluding tert-OH is 1. The second-order valence-electron chi connectivity index (χ2n) is 4.41. The molecular formula is C15H17N3O2. The number of hydrogen-bond donors (Lipinski definition) is 2. The molecule has 20 heavy (non-hydrogen) atoms. The van der Waals surface area contributed by atoms with E-state index in [0.29, 0.717) is 17.9 Å². The highest BCUT2D eigenvalue weighted by Gasteiger charge is 2.16. The first kappa shape index (κ1) is 14.0. The van der Waals surface area contributed by atoms with Gasteiger partial charge in [-0.05, 0) is 17.7 Å². The SMILES string of the molecule is Nc1cc(C(=O)N(CCO)Cc2ccccc2)ccn1. The Bertz CT molecular complexity index is 572. The highest BCUT2D eigenvalue weighted by molar-refractivity contribution is 5.94. The normalized spacial score (nSPS) is 10.2. The quantitative estimate of drug-likeness (QED) is 0.859. The number of benzene rings is 1. The average molecular weight is 271 g/mol. The molecule has 3 N–H and O–H groups in total. The fourth-order valence-corrected chi connectivity index (χ4v) is 1.94. The number of aliphatic hydroxyl groups is 1. The van der Waals surface area contributed by atoms with Crippen LogP contribution in [0.3, 0.4) is 0 Å². The Morgan fingerprint density at radius 3 is 2.65 bits per heavy atom. The summed E-state index contributed by atoms with van der Waals surface area (Å²) in [6, 6.07) is 12.8. The van der Waals surface area contributed by atoms with Crippen molar-refractivity contribution in [1.82, 2.24) is 9.88 Å². The number of nitrogen functional groups attached to an aromatic ring is 1. The predicted octanol–water partition coefficient (Wildman–Crippen LogP) is 1.30. The van der Waals surface area contributed by atoms with Crippen LogP contribution < -0.4 is 5.73 Å². The number of nitrogens with two attached hydrogens (primary N) is 1. The van der Waals surface area contributed by atoms with Gasteiger partial charge in [-0.2, -0.15) is 0 Å². The fraction of sp³-hybridized carbons (Fsp3) is 0.200. The van der Waals surface area contributed by atoms with Crippen molar-refractivity contribution < 1.29 is 9.90 Å². The number of amides is 1. The van der Waals surface area contributed by atoms with Crippen LogP contribution >= 0.6 is 0 Å². The maximum Gasteiger partial charge on any atom is 0.254 e. The zero-order valence-electron chi connectivity index (χ0n) is 11.1. The van der Waals surface area contributed by atoms with Crippen LogP contribution in [0.15, 0.2) is 48.7 Å². The summed E-state index contributed by atoms with van der Waals surface area (Å²) in [4.78, 5) is 17.9. The van der Waals surface area contributed by atoms with Crippen LogP contribution in [0.2, 0.25) is 0 Å². The van der Waals surface area contributed by atoms with Gasteiger partial charge in [0.2, 0.25) is 0 Å². The van der Waals surface area contributed by atoms with Crippen molar-refractivity contribution in [1.29, 1.82) is 0 Å². The molecule has 2 aromatic rings. The Hall–Kier alpha value is -2.40. The molecule has 0 spiro atoms. The maximum atomic E-state index is 12.4. The molecule has 0 aliphatic rings. The predicted molar refractivity (Wildman–Crippen MR) is 76.9 cm³/mol. The number of carbonyl (C=O) groups is 1. The van der Waals surface area contributed by atoms with Gasteiger partial charge in [-0.15, -0.1) is 0 Å². The first-order valence-corrected chi connectivity index (χ1v) is 6.36. The van der Waals surface area contributed by atoms with Gasteiger partial charge in [0.25, 0.3) is 5.91 Å². The molecule has 104 valence electrons. The molecule has 0 radical (unpaired) electrons. The van der Waals surface area contributed by atoms with Crippen molar-refractivity contribution in [2.45, 2.75) is 6.54 Å². The van der Waals surface area contributed by atoms with Gasteiger partial charge in [0.05, 0.1) is 6.61 Å². The smallest absolute Gasteiger partial charge is 0.254 e. The highest BCUT2D eigenvalue weighted by atomic mass is 16.3. The average Bonchev–Trinajstić information content (AvgIpc) is 2.47. The summed E-state index contributed by atoms with van der Waals surface area (Å²) >= 11 is 0. The Labute approximate surface area is 117 Å². The molecule has 0 atom stereocenters. The lowest BCUT2D eigenvalue weighted by Gasteiger charge is -2.22. The van der Waals surface area contributed by atoms with Crippen molar-refractivity contribution in [2.24, 2.45) is 0 Å². The third-order valence-electron chi connectivity index (χ3n) is 2.90. The summed E-state index contributed by atoms with van der Waals surface area (Å²) in [5, 5.41) is 9.13. The molecule has 5 heteroatoms. The second kappa shape index (κ2) is 6.68. The van der Waals surface area contributed by atoms with Gasteiger partial charge in [-0.3, -0.25) is 4.79 Å². The molecule has 1 amide bonds. The van der Waals surface area contributed by atoms with Crippen LogP contribution in [0, 0.1) is 0 Å². The fourth-order valence-electron chi connectivity index (χ4n) is 1.94. The molecule has 1 aromatic carbocycles. The molecule has 0 unspecified atom stereocenters. The van der Waals surface area contributed by atoms with Crippen LogP contribution in [-0.2, 0) is 6.54 Å². The minimum atomic E-state index is -0.169. The van der Waals surface area contributed by atoms with E-state index in [1.807, 2.05) is 30.3 Å². The van der Waals surface area contributed by atoms with Crippen LogP contribution in [0.5, 0.6) is 0 Å². The molecule has 0 saturated carbocycles. The molecule has 0 aliphatic carbocycles. The molecule has 0 saturated heterocycles. The number of nitrogens with zero attached hydrogens (tertiary/aromatic N) is 2. The lowest BCUT2D eigenvalue weighted by molar-refractivity contribution is 0.0708. The van der Waals surface area contributed by atoms with Crippen LogP contribution in [0.1, 0.15) is 15.9 Å². The minimum absolute atomic E-state index is 0.0842. The van der Waals surface area contributed by atoms with Crippen molar-refractivity contribution in [3.63, 3.8) is 0 Å². The summed E-state index contributed by atoms with van der Waals surface area (Å²) < 4.78 is 0. The summed E-state index contributed by atoms with van der Waals surface area (Å²) in [6.07, 6.45) is 1.50. The number of pyridine rings is 1. The van der Waals surface area contributed by atoms with Crippen molar-refractivity contribution in [3.05, 3.63) is 59.8 Å². The zero-order valence-corrected chi connectivity index (χ0v) is 11.1. The highest BCUT2D eigenvalue weighted by Crippen LogP contribution is 2.11. The largest absolute Gasteiger partial charge is 0.395 e. The monoisotopic (exact) mass is 271 g/mol. The van der Waals surface area contributed by atoms with Crippen LogP contribution in [0.25, 0.3) is 0 Å². The standard InChI is InChI=1S/C15H17N3O2/c16-14-10-13(6-7-17-14)15(20)18(8-9-19)11-12-4-2-1-3-5-12/h1-7,10,19H,8-9,11H2,(H2,16,17). The van der Waals surface area contributed by atoms with E-state index in [2.05, 4.69) is 4.98 Å². The van der Waals surface area contributed by atoms with Crippen LogP contribution in [0.4, 0.5) is 5.82 Å². The van der Waals surface area contributed by atoms with Crippen molar-refractivity contribution in [3.8, 4) is 0 Å². The first-order valence-electron chi connectivity index (χ1n) is 6.36. The Morgan fingerprint density at radius 1 is 1.25 bits per heavy atom. The summed E-state index contributed by atoms with van der Waals surface area (Å²) in [7, 11) is 0. The van der Waals surface area contributed by atoms with E-state index in [1.54, 1.807) is 11.0 Å². The molecule has 0 bridgehead atoms. The van der Waals surface area contributed by atoms with E-state index in [1.165, 1.54) is 12.3 Å². The van der Waals surface area contributed by atoms with Gasteiger partial charge >= 0.3 is 0 Å². The number of rotatable bonds is 5. The Morgan fingerprint density at radius 2 is 2.00 bits per heavy atom. The minimum Gasteiger partial charge on any atom is -0.395 e. The van der Waals surface area contributed by atoms with Gasteiger partial charge in [0.1, 0.15) is 5.82 Å². The number of aromatic nitrogens is 1. The molecule has 2 rings (SSSR count). The summed E-state index contributed by atoms with van der Waals surface area (Å²) in [5.74, 6) is 0.136. The molecule has 0 aliphatic heterocycles. The third kappa shape index (κ3) is 3.55. The third-order valence-corrected chi connectivity index (χ3v) is 2.90. The van der Waals surface area contributed by atoms with E-state index in [-0.39, 0.29) is 19.1 Å². The molecule has 1 aromatic heterocycles. The lowest BCUT2D eigenvalue weighted by atomic mass is 10.2. The molecular weight excluding hydrogens is 254 g/mol. The van der Waals surface area contributed by atoms with E-state index in [0.717, 1.165) is 5.56 Å². The van der Waals surface area contributed by atoms with E-state index in [9.17, 15) is 4.79 Å². The van der Waals surface area contributed by atoms with Gasteiger partial charge in [-0.1, -0.05) is 30.3 Å². The van der Waals surface area contributed by atoms with E-state index >= 15 is 0 Å². The Kier molecular flexibility index (Phi) is 4.68. The molecule has 1 heterocycles. The second-order valence-corrected chi connectivity index (χ2v) is 4.41. The van der Waals surface area contributed by atoms with Crippen LogP contribution in [-0.4, -0.2) is 34.0 Å². The number of carbonyl (C=O) groups excluding carboxylic acids is 1. The summed E-state index contributed by atoms with van der Waals surface area (Å²) in [5.41, 5.74) is 7.08. The number of anilines is 1. The zero-order chi connectivity index (χ0) is 14.4. The van der Waals surface area contributed by atoms with Gasteiger partial charge in [0.15, 0.2) is 0 Å². The topological polar surface area (TPSA) is 79.5 Å². The van der Waals surface area contributed by atoms with Crippen molar-refractivity contribution in [2.75, 3.05) is 18.9 Å². The van der Waals surface area contributed by atoms with Gasteiger partial charge < -0.3 is 15.7 Å².